The summed E-state index contributed by atoms with van der Waals surface area (Å²) in [5.41, 5.74) is -0.162. The van der Waals surface area contributed by atoms with Crippen LogP contribution >= 0.6 is 0 Å². The van der Waals surface area contributed by atoms with Gasteiger partial charge in [0.1, 0.15) is 4.90 Å². The largest absolute Gasteiger partial charge is 0.481 e. The number of hydrogen-bond donors (Lipinski definition) is 2. The van der Waals surface area contributed by atoms with Gasteiger partial charge in [-0.2, -0.15) is 0 Å². The minimum absolute atomic E-state index is 0.0475. The van der Waals surface area contributed by atoms with E-state index in [0.717, 1.165) is 17.5 Å². The number of nitro benzene ring substituents is 1. The molecule has 0 saturated carbocycles. The standard InChI is InChI=1S/C12H12N2O6S/c1-2-8(12(15)16)10-6-21(19,20)11-5-7(14(17)18)3-4-9(11)13-10/h3-6,8,13H,2H2,1H3,(H,15,16). The minimum Gasteiger partial charge on any atom is -0.481 e. The van der Waals surface area contributed by atoms with Gasteiger partial charge in [-0.15, -0.1) is 0 Å². The number of aliphatic carboxylic acids is 1. The fourth-order valence-electron chi connectivity index (χ4n) is 2.08. The third kappa shape index (κ3) is 2.72. The number of carboxylic acids is 1. The Bertz CT molecular complexity index is 753. The van der Waals surface area contributed by atoms with Crippen molar-refractivity contribution < 1.29 is 23.2 Å². The van der Waals surface area contributed by atoms with Gasteiger partial charge in [0.15, 0.2) is 0 Å². The van der Waals surface area contributed by atoms with Crippen molar-refractivity contribution in [1.29, 1.82) is 0 Å². The summed E-state index contributed by atoms with van der Waals surface area (Å²) in [6.07, 6.45) is 0.214. The Kier molecular flexibility index (Phi) is 3.69. The highest BCUT2D eigenvalue weighted by Crippen LogP contribution is 2.35. The van der Waals surface area contributed by atoms with Crippen LogP contribution < -0.4 is 5.32 Å². The van der Waals surface area contributed by atoms with Crippen molar-refractivity contribution >= 4 is 27.2 Å². The zero-order chi connectivity index (χ0) is 15.8. The number of carbonyl (C=O) groups is 1. The predicted octanol–water partition coefficient (Wildman–Crippen LogP) is 1.75. The lowest BCUT2D eigenvalue weighted by Crippen LogP contribution is -2.24. The smallest absolute Gasteiger partial charge is 0.312 e. The number of nitrogens with one attached hydrogen (secondary N) is 1. The highest BCUT2D eigenvalue weighted by atomic mass is 32.2. The fourth-order valence-corrected chi connectivity index (χ4v) is 3.47. The summed E-state index contributed by atoms with van der Waals surface area (Å²) in [4.78, 5) is 20.9. The number of rotatable bonds is 4. The van der Waals surface area contributed by atoms with Crippen LogP contribution in [0.25, 0.3) is 0 Å². The van der Waals surface area contributed by atoms with E-state index in [2.05, 4.69) is 5.32 Å². The Balaban J connectivity index is 2.54. The molecule has 1 aromatic rings. The maximum Gasteiger partial charge on any atom is 0.312 e. The highest BCUT2D eigenvalue weighted by molar-refractivity contribution is 7.94. The van der Waals surface area contributed by atoms with Crippen molar-refractivity contribution in [3.63, 3.8) is 0 Å². The van der Waals surface area contributed by atoms with E-state index in [0.29, 0.717) is 0 Å². The molecule has 0 bridgehead atoms. The van der Waals surface area contributed by atoms with Gasteiger partial charge in [0.05, 0.1) is 21.9 Å². The van der Waals surface area contributed by atoms with Crippen LogP contribution in [0, 0.1) is 16.0 Å². The van der Waals surface area contributed by atoms with E-state index in [1.165, 1.54) is 6.07 Å². The van der Waals surface area contributed by atoms with E-state index in [-0.39, 0.29) is 28.4 Å². The summed E-state index contributed by atoms with van der Waals surface area (Å²) in [6.45, 7) is 1.62. The Labute approximate surface area is 120 Å². The van der Waals surface area contributed by atoms with E-state index in [4.69, 9.17) is 5.11 Å². The monoisotopic (exact) mass is 312 g/mol. The van der Waals surface area contributed by atoms with Gasteiger partial charge in [0.25, 0.3) is 5.69 Å². The molecule has 1 heterocycles. The molecule has 1 aliphatic rings. The topological polar surface area (TPSA) is 127 Å². The van der Waals surface area contributed by atoms with E-state index in [1.807, 2.05) is 0 Å². The highest BCUT2D eigenvalue weighted by Gasteiger charge is 2.31. The Morgan fingerprint density at radius 2 is 2.14 bits per heavy atom. The van der Waals surface area contributed by atoms with E-state index < -0.39 is 26.6 Å². The molecule has 8 nitrogen and oxygen atoms in total. The second-order valence-corrected chi connectivity index (χ2v) is 6.25. The van der Waals surface area contributed by atoms with Gasteiger partial charge in [-0.05, 0) is 12.5 Å². The van der Waals surface area contributed by atoms with Crippen LogP contribution in [0.4, 0.5) is 11.4 Å². The molecule has 0 aromatic heterocycles. The first-order chi connectivity index (χ1) is 9.76. The number of benzene rings is 1. The zero-order valence-electron chi connectivity index (χ0n) is 10.9. The molecule has 1 aliphatic heterocycles. The fraction of sp³-hybridized carbons (Fsp3) is 0.250. The molecule has 9 heteroatoms. The summed E-state index contributed by atoms with van der Waals surface area (Å²) in [7, 11) is -3.93. The van der Waals surface area contributed by atoms with Crippen LogP contribution in [0.5, 0.6) is 0 Å². The molecule has 1 aromatic carbocycles. The lowest BCUT2D eigenvalue weighted by atomic mass is 10.0. The maximum atomic E-state index is 12.2. The second kappa shape index (κ2) is 5.17. The number of nitrogens with zero attached hydrogens (tertiary/aromatic N) is 1. The number of carboxylic acid groups (broad SMARTS) is 1. The van der Waals surface area contributed by atoms with Crippen LogP contribution in [0.2, 0.25) is 0 Å². The van der Waals surface area contributed by atoms with E-state index in [9.17, 15) is 23.3 Å². The summed E-state index contributed by atoms with van der Waals surface area (Å²) in [5.74, 6) is -2.13. The number of non-ortho nitro benzene ring substituents is 1. The molecule has 2 N–H and O–H groups in total. The van der Waals surface area contributed by atoms with Gasteiger partial charge >= 0.3 is 5.97 Å². The van der Waals surface area contributed by atoms with Crippen LogP contribution in [0.1, 0.15) is 13.3 Å². The van der Waals surface area contributed by atoms with E-state index >= 15 is 0 Å². The molecule has 0 radical (unpaired) electrons. The lowest BCUT2D eigenvalue weighted by Gasteiger charge is -2.22. The molecule has 1 unspecified atom stereocenters. The van der Waals surface area contributed by atoms with Crippen LogP contribution in [0.3, 0.4) is 0 Å². The van der Waals surface area contributed by atoms with E-state index in [1.54, 1.807) is 6.92 Å². The molecule has 2 rings (SSSR count). The van der Waals surface area contributed by atoms with Gasteiger partial charge in [0, 0.05) is 17.8 Å². The second-order valence-electron chi connectivity index (χ2n) is 4.48. The Hall–Kier alpha value is -2.42. The first kappa shape index (κ1) is 15.0. The van der Waals surface area contributed by atoms with Crippen LogP contribution in [-0.2, 0) is 14.6 Å². The van der Waals surface area contributed by atoms with Gasteiger partial charge in [0.2, 0.25) is 9.84 Å². The summed E-state index contributed by atoms with van der Waals surface area (Å²) < 4.78 is 24.3. The number of anilines is 1. The predicted molar refractivity (Wildman–Crippen MR) is 73.4 cm³/mol. The lowest BCUT2D eigenvalue weighted by molar-refractivity contribution is -0.385. The third-order valence-electron chi connectivity index (χ3n) is 3.13. The molecule has 21 heavy (non-hydrogen) atoms. The number of hydrogen-bond acceptors (Lipinski definition) is 6. The van der Waals surface area contributed by atoms with Crippen molar-refractivity contribution in [1.82, 2.24) is 0 Å². The van der Waals surface area contributed by atoms with Crippen molar-refractivity contribution in [3.05, 3.63) is 39.4 Å². The molecule has 112 valence electrons. The van der Waals surface area contributed by atoms with Crippen LogP contribution in [-0.4, -0.2) is 24.4 Å². The maximum absolute atomic E-state index is 12.2. The third-order valence-corrected chi connectivity index (χ3v) is 4.64. The van der Waals surface area contributed by atoms with Gasteiger partial charge in [-0.1, -0.05) is 6.92 Å². The molecule has 0 spiro atoms. The number of nitro groups is 1. The Morgan fingerprint density at radius 1 is 1.48 bits per heavy atom. The molecule has 1 atom stereocenters. The summed E-state index contributed by atoms with van der Waals surface area (Å²) in [6, 6.07) is 3.37. The average Bonchev–Trinajstić information content (AvgIpc) is 2.37. The molecular formula is C12H12N2O6S. The summed E-state index contributed by atoms with van der Waals surface area (Å²) >= 11 is 0. The first-order valence-corrected chi connectivity index (χ1v) is 7.56. The molecule has 0 saturated heterocycles. The SMILES string of the molecule is CCC(C(=O)O)C1=CS(=O)(=O)c2cc([N+](=O)[O-])ccc2N1. The van der Waals surface area contributed by atoms with Gasteiger partial charge in [-0.25, -0.2) is 8.42 Å². The quantitative estimate of drug-likeness (QED) is 0.640. The molecule has 0 aliphatic carbocycles. The Morgan fingerprint density at radius 3 is 2.67 bits per heavy atom. The first-order valence-electron chi connectivity index (χ1n) is 6.01. The van der Waals surface area contributed by atoms with Crippen molar-refractivity contribution in [2.24, 2.45) is 5.92 Å². The normalized spacial score (nSPS) is 17.1. The molecule has 0 fully saturated rings. The van der Waals surface area contributed by atoms with Gasteiger partial charge in [-0.3, -0.25) is 14.9 Å². The molecule has 0 amide bonds. The van der Waals surface area contributed by atoms with Crippen molar-refractivity contribution in [3.8, 4) is 0 Å². The van der Waals surface area contributed by atoms with Gasteiger partial charge < -0.3 is 10.4 Å². The minimum atomic E-state index is -3.93. The summed E-state index contributed by atoms with van der Waals surface area (Å²) in [5, 5.41) is 23.3. The van der Waals surface area contributed by atoms with Crippen molar-refractivity contribution in [2.75, 3.05) is 5.32 Å². The van der Waals surface area contributed by atoms with Crippen LogP contribution in [0.15, 0.2) is 34.2 Å². The number of fused-ring (bicyclic) bond motifs is 1. The zero-order valence-corrected chi connectivity index (χ0v) is 11.8. The average molecular weight is 312 g/mol. The molecular weight excluding hydrogens is 300 g/mol. The van der Waals surface area contributed by atoms with Crippen molar-refractivity contribution in [2.45, 2.75) is 18.2 Å². The number of sulfone groups is 1.